The van der Waals surface area contributed by atoms with Crippen molar-refractivity contribution in [1.29, 1.82) is 0 Å². The summed E-state index contributed by atoms with van der Waals surface area (Å²) in [5.74, 6) is 0.197. The van der Waals surface area contributed by atoms with Gasteiger partial charge in [-0.05, 0) is 19.4 Å². The van der Waals surface area contributed by atoms with Crippen LogP contribution in [0, 0.1) is 0 Å². The number of carbonyl (C=O) groups excluding carboxylic acids is 1. The lowest BCUT2D eigenvalue weighted by atomic mass is 10.1. The molecule has 1 fully saturated rings. The minimum atomic E-state index is -0.0556. The third-order valence-corrected chi connectivity index (χ3v) is 3.10. The Kier molecular flexibility index (Phi) is 5.86. The summed E-state index contributed by atoms with van der Waals surface area (Å²) < 4.78 is 0. The van der Waals surface area contributed by atoms with E-state index >= 15 is 0 Å². The van der Waals surface area contributed by atoms with Gasteiger partial charge in [0.25, 0.3) is 0 Å². The lowest BCUT2D eigenvalue weighted by Crippen LogP contribution is -2.57. The Balaban J connectivity index is 0.000000771. The molecule has 100 valence electrons. The van der Waals surface area contributed by atoms with Gasteiger partial charge < -0.3 is 10.2 Å². The Morgan fingerprint density at radius 3 is 2.44 bits per heavy atom. The number of carbonyl (C=O) groups is 1. The van der Waals surface area contributed by atoms with Gasteiger partial charge in [0.15, 0.2) is 0 Å². The number of nitrogens with zero attached hydrogens (tertiary/aromatic N) is 1. The fourth-order valence-corrected chi connectivity index (χ4v) is 2.02. The zero-order chi connectivity index (χ0) is 13.5. The van der Waals surface area contributed by atoms with E-state index in [9.17, 15) is 4.79 Å². The molecule has 2 rings (SSSR count). The number of hydrogen-bond donors (Lipinski definition) is 1. The van der Waals surface area contributed by atoms with E-state index < -0.39 is 0 Å². The molecule has 0 aromatic heterocycles. The number of benzene rings is 1. The lowest BCUT2D eigenvalue weighted by Gasteiger charge is -2.37. The molecule has 2 unspecified atom stereocenters. The molecule has 1 heterocycles. The SMILES string of the molecule is CC.CC1NCC(C)N(Cc2ccccc2)C1=O. The van der Waals surface area contributed by atoms with Gasteiger partial charge in [-0.2, -0.15) is 0 Å². The Hall–Kier alpha value is -1.35. The van der Waals surface area contributed by atoms with Crippen LogP contribution in [0.3, 0.4) is 0 Å². The Morgan fingerprint density at radius 2 is 1.83 bits per heavy atom. The van der Waals surface area contributed by atoms with Crippen molar-refractivity contribution in [3.8, 4) is 0 Å². The normalized spacial score (nSPS) is 23.3. The quantitative estimate of drug-likeness (QED) is 0.871. The van der Waals surface area contributed by atoms with Gasteiger partial charge in [-0.15, -0.1) is 0 Å². The molecule has 2 atom stereocenters. The molecule has 0 bridgehead atoms. The highest BCUT2D eigenvalue weighted by Crippen LogP contribution is 2.13. The molecule has 18 heavy (non-hydrogen) atoms. The van der Waals surface area contributed by atoms with Crippen molar-refractivity contribution in [2.75, 3.05) is 6.54 Å². The summed E-state index contributed by atoms with van der Waals surface area (Å²) in [6, 6.07) is 10.4. The third kappa shape index (κ3) is 3.57. The number of piperazine rings is 1. The smallest absolute Gasteiger partial charge is 0.240 e. The molecule has 0 spiro atoms. The molecule has 3 heteroatoms. The standard InChI is InChI=1S/C13H18N2O.C2H6/c1-10-8-14-11(2)13(16)15(10)9-12-6-4-3-5-7-12;1-2/h3-7,10-11,14H,8-9H2,1-2H3;1-2H3. The second-order valence-corrected chi connectivity index (χ2v) is 4.43. The van der Waals surface area contributed by atoms with E-state index in [-0.39, 0.29) is 18.0 Å². The van der Waals surface area contributed by atoms with E-state index in [1.807, 2.05) is 43.9 Å². The molecular weight excluding hydrogens is 224 g/mol. The van der Waals surface area contributed by atoms with Crippen LogP contribution in [0.4, 0.5) is 0 Å². The largest absolute Gasteiger partial charge is 0.333 e. The van der Waals surface area contributed by atoms with Crippen molar-refractivity contribution >= 4 is 5.91 Å². The van der Waals surface area contributed by atoms with Crippen LogP contribution in [0.1, 0.15) is 33.3 Å². The highest BCUT2D eigenvalue weighted by molar-refractivity contribution is 5.82. The second kappa shape index (κ2) is 7.17. The van der Waals surface area contributed by atoms with E-state index in [0.717, 1.165) is 6.54 Å². The Bertz CT molecular complexity index is 364. The zero-order valence-electron chi connectivity index (χ0n) is 11.8. The van der Waals surface area contributed by atoms with Gasteiger partial charge >= 0.3 is 0 Å². The van der Waals surface area contributed by atoms with Gasteiger partial charge in [0.1, 0.15) is 0 Å². The molecule has 1 amide bonds. The van der Waals surface area contributed by atoms with Gasteiger partial charge in [0.05, 0.1) is 6.04 Å². The first-order chi connectivity index (χ1) is 8.68. The monoisotopic (exact) mass is 248 g/mol. The first-order valence-corrected chi connectivity index (χ1v) is 6.76. The van der Waals surface area contributed by atoms with Crippen molar-refractivity contribution in [2.45, 2.75) is 46.3 Å². The summed E-state index contributed by atoms with van der Waals surface area (Å²) >= 11 is 0. The highest BCUT2D eigenvalue weighted by Gasteiger charge is 2.29. The summed E-state index contributed by atoms with van der Waals surface area (Å²) in [6.07, 6.45) is 0. The van der Waals surface area contributed by atoms with Gasteiger partial charge in [0, 0.05) is 19.1 Å². The molecule has 3 nitrogen and oxygen atoms in total. The van der Waals surface area contributed by atoms with Crippen molar-refractivity contribution in [1.82, 2.24) is 10.2 Å². The molecule has 1 aliphatic rings. The third-order valence-electron chi connectivity index (χ3n) is 3.10. The number of nitrogens with one attached hydrogen (secondary N) is 1. The Morgan fingerprint density at radius 1 is 1.22 bits per heavy atom. The number of rotatable bonds is 2. The van der Waals surface area contributed by atoms with Crippen molar-refractivity contribution < 1.29 is 4.79 Å². The molecule has 1 saturated heterocycles. The topological polar surface area (TPSA) is 32.3 Å². The van der Waals surface area contributed by atoms with Crippen molar-refractivity contribution in [2.24, 2.45) is 0 Å². The highest BCUT2D eigenvalue weighted by atomic mass is 16.2. The summed E-state index contributed by atoms with van der Waals surface area (Å²) in [5.41, 5.74) is 1.19. The minimum absolute atomic E-state index is 0.0556. The van der Waals surface area contributed by atoms with Crippen LogP contribution in [-0.4, -0.2) is 29.4 Å². The molecule has 1 aromatic carbocycles. The van der Waals surface area contributed by atoms with Crippen LogP contribution in [0.5, 0.6) is 0 Å². The summed E-state index contributed by atoms with van der Waals surface area (Å²) in [4.78, 5) is 14.0. The lowest BCUT2D eigenvalue weighted by molar-refractivity contribution is -0.138. The predicted molar refractivity (Wildman–Crippen MR) is 75.3 cm³/mol. The van der Waals surface area contributed by atoms with Crippen LogP contribution in [-0.2, 0) is 11.3 Å². The van der Waals surface area contributed by atoms with Gasteiger partial charge in [-0.25, -0.2) is 0 Å². The maximum Gasteiger partial charge on any atom is 0.240 e. The summed E-state index contributed by atoms with van der Waals surface area (Å²) in [6.45, 7) is 9.60. The molecule has 1 aliphatic heterocycles. The fraction of sp³-hybridized carbons (Fsp3) is 0.533. The molecule has 1 N–H and O–H groups in total. The van der Waals surface area contributed by atoms with E-state index in [4.69, 9.17) is 0 Å². The predicted octanol–water partition coefficient (Wildman–Crippen LogP) is 2.42. The van der Waals surface area contributed by atoms with Crippen LogP contribution >= 0.6 is 0 Å². The van der Waals surface area contributed by atoms with Crippen LogP contribution in [0.15, 0.2) is 30.3 Å². The Labute approximate surface area is 110 Å². The van der Waals surface area contributed by atoms with Crippen LogP contribution in [0.25, 0.3) is 0 Å². The molecule has 0 radical (unpaired) electrons. The maximum absolute atomic E-state index is 12.0. The molecule has 0 saturated carbocycles. The average molecular weight is 248 g/mol. The van der Waals surface area contributed by atoms with Crippen molar-refractivity contribution in [3.63, 3.8) is 0 Å². The first kappa shape index (κ1) is 14.7. The molecule has 1 aromatic rings. The zero-order valence-corrected chi connectivity index (χ0v) is 11.8. The molecular formula is C15H24N2O. The summed E-state index contributed by atoms with van der Waals surface area (Å²) in [5, 5.41) is 3.21. The first-order valence-electron chi connectivity index (χ1n) is 6.76. The van der Waals surface area contributed by atoms with Gasteiger partial charge in [-0.1, -0.05) is 44.2 Å². The fourth-order valence-electron chi connectivity index (χ4n) is 2.02. The number of hydrogen-bond acceptors (Lipinski definition) is 2. The van der Waals surface area contributed by atoms with Crippen LogP contribution < -0.4 is 5.32 Å². The maximum atomic E-state index is 12.0. The average Bonchev–Trinajstić information content (AvgIpc) is 2.43. The van der Waals surface area contributed by atoms with E-state index in [1.165, 1.54) is 5.56 Å². The van der Waals surface area contributed by atoms with E-state index in [1.54, 1.807) is 0 Å². The summed E-state index contributed by atoms with van der Waals surface area (Å²) in [7, 11) is 0. The van der Waals surface area contributed by atoms with Gasteiger partial charge in [-0.3, -0.25) is 4.79 Å². The minimum Gasteiger partial charge on any atom is -0.333 e. The number of amides is 1. The van der Waals surface area contributed by atoms with Crippen LogP contribution in [0.2, 0.25) is 0 Å². The molecule has 0 aliphatic carbocycles. The van der Waals surface area contributed by atoms with Crippen molar-refractivity contribution in [3.05, 3.63) is 35.9 Å². The van der Waals surface area contributed by atoms with Gasteiger partial charge in [0.2, 0.25) is 5.91 Å². The van der Waals surface area contributed by atoms with E-state index in [2.05, 4.69) is 24.4 Å². The van der Waals surface area contributed by atoms with E-state index in [0.29, 0.717) is 6.54 Å². The second-order valence-electron chi connectivity index (χ2n) is 4.43.